The smallest absolute Gasteiger partial charge is 0.0695 e. The predicted octanol–water partition coefficient (Wildman–Crippen LogP) is 1.46. The highest BCUT2D eigenvalue weighted by atomic mass is 15.4. The largest absolute Gasteiger partial charge is 0.311 e. The summed E-state index contributed by atoms with van der Waals surface area (Å²) in [7, 11) is 0. The lowest BCUT2D eigenvalue weighted by atomic mass is 10.1. The molecule has 6 nitrogen and oxygen atoms in total. The van der Waals surface area contributed by atoms with E-state index in [9.17, 15) is 0 Å². The van der Waals surface area contributed by atoms with Crippen molar-refractivity contribution >= 4 is 0 Å². The van der Waals surface area contributed by atoms with Gasteiger partial charge in [0.25, 0.3) is 0 Å². The van der Waals surface area contributed by atoms with Gasteiger partial charge in [0.05, 0.1) is 24.6 Å². The Kier molecular flexibility index (Phi) is 3.84. The number of hydrogen-bond acceptors (Lipinski definition) is 4. The zero-order valence-electron chi connectivity index (χ0n) is 11.0. The molecule has 0 bridgehead atoms. The molecule has 0 unspecified atom stereocenters. The Morgan fingerprint density at radius 2 is 2.10 bits per heavy atom. The van der Waals surface area contributed by atoms with Gasteiger partial charge in [0.2, 0.25) is 0 Å². The summed E-state index contributed by atoms with van der Waals surface area (Å²) in [6.07, 6.45) is 5.41. The van der Waals surface area contributed by atoms with Crippen LogP contribution in [0.25, 0.3) is 11.3 Å². The molecule has 1 aromatic carbocycles. The van der Waals surface area contributed by atoms with E-state index in [0.717, 1.165) is 36.5 Å². The van der Waals surface area contributed by atoms with E-state index in [-0.39, 0.29) is 0 Å². The maximum Gasteiger partial charge on any atom is 0.0695 e. The van der Waals surface area contributed by atoms with Gasteiger partial charge in [0.1, 0.15) is 0 Å². The van der Waals surface area contributed by atoms with Crippen LogP contribution in [0.2, 0.25) is 0 Å². The number of aromatic nitrogens is 5. The minimum atomic E-state index is 0.773. The molecule has 0 fully saturated rings. The second-order valence-corrected chi connectivity index (χ2v) is 4.48. The molecule has 0 aliphatic heterocycles. The number of nitrogens with one attached hydrogen (secondary N) is 2. The van der Waals surface area contributed by atoms with Crippen molar-refractivity contribution in [3.05, 3.63) is 54.5 Å². The average Bonchev–Trinajstić information content (AvgIpc) is 3.16. The lowest BCUT2D eigenvalue weighted by Crippen LogP contribution is -2.19. The maximum atomic E-state index is 4.13. The average molecular weight is 268 g/mol. The monoisotopic (exact) mass is 268 g/mol. The molecule has 2 aromatic heterocycles. The van der Waals surface area contributed by atoms with Crippen molar-refractivity contribution in [2.75, 3.05) is 6.54 Å². The Hall–Kier alpha value is -2.47. The van der Waals surface area contributed by atoms with Crippen LogP contribution in [0.15, 0.2) is 48.9 Å². The highest BCUT2D eigenvalue weighted by Gasteiger charge is 2.06. The number of hydrogen-bond donors (Lipinski definition) is 2. The van der Waals surface area contributed by atoms with Crippen LogP contribution >= 0.6 is 0 Å². The van der Waals surface area contributed by atoms with Crippen LogP contribution in [0, 0.1) is 0 Å². The predicted molar refractivity (Wildman–Crippen MR) is 75.8 cm³/mol. The van der Waals surface area contributed by atoms with Gasteiger partial charge in [-0.25, -0.2) is 0 Å². The van der Waals surface area contributed by atoms with Crippen molar-refractivity contribution in [2.24, 2.45) is 0 Å². The summed E-state index contributed by atoms with van der Waals surface area (Å²) in [5.41, 5.74) is 3.38. The molecule has 3 aromatic rings. The molecule has 0 aliphatic carbocycles. The van der Waals surface area contributed by atoms with Gasteiger partial charge in [-0.2, -0.15) is 5.10 Å². The van der Waals surface area contributed by atoms with Crippen molar-refractivity contribution in [1.82, 2.24) is 30.5 Å². The van der Waals surface area contributed by atoms with E-state index >= 15 is 0 Å². The Balaban J connectivity index is 1.57. The van der Waals surface area contributed by atoms with Crippen molar-refractivity contribution < 1.29 is 0 Å². The van der Waals surface area contributed by atoms with Gasteiger partial charge in [-0.3, -0.25) is 9.78 Å². The highest BCUT2D eigenvalue weighted by Crippen LogP contribution is 2.20. The molecule has 0 saturated carbocycles. The number of aromatic amines is 1. The van der Waals surface area contributed by atoms with Crippen LogP contribution in [0.5, 0.6) is 0 Å². The van der Waals surface area contributed by atoms with E-state index in [1.807, 2.05) is 30.6 Å². The van der Waals surface area contributed by atoms with Crippen molar-refractivity contribution in [3.63, 3.8) is 0 Å². The van der Waals surface area contributed by atoms with Gasteiger partial charge in [0.15, 0.2) is 0 Å². The number of nitrogens with zero attached hydrogens (tertiary/aromatic N) is 4. The Morgan fingerprint density at radius 1 is 1.20 bits per heavy atom. The van der Waals surface area contributed by atoms with Gasteiger partial charge in [-0.05, 0) is 5.56 Å². The third-order valence-corrected chi connectivity index (χ3v) is 3.09. The summed E-state index contributed by atoms with van der Waals surface area (Å²) in [5, 5.41) is 18.3. The van der Waals surface area contributed by atoms with E-state index in [1.54, 1.807) is 10.9 Å². The molecule has 102 valence electrons. The van der Waals surface area contributed by atoms with E-state index in [4.69, 9.17) is 0 Å². The van der Waals surface area contributed by atoms with Gasteiger partial charge >= 0.3 is 0 Å². The van der Waals surface area contributed by atoms with Crippen LogP contribution in [-0.2, 0) is 13.1 Å². The normalized spacial score (nSPS) is 10.8. The van der Waals surface area contributed by atoms with Crippen LogP contribution in [-0.4, -0.2) is 31.7 Å². The summed E-state index contributed by atoms with van der Waals surface area (Å²) in [5.74, 6) is 0. The van der Waals surface area contributed by atoms with Crippen molar-refractivity contribution in [2.45, 2.75) is 13.1 Å². The molecule has 6 heteroatoms. The Labute approximate surface area is 116 Å². The quantitative estimate of drug-likeness (QED) is 0.664. The lowest BCUT2D eigenvalue weighted by Gasteiger charge is -2.05. The molecule has 2 N–H and O–H groups in total. The van der Waals surface area contributed by atoms with Gasteiger partial charge < -0.3 is 5.32 Å². The highest BCUT2D eigenvalue weighted by molar-refractivity contribution is 5.62. The Bertz CT molecular complexity index is 629. The summed E-state index contributed by atoms with van der Waals surface area (Å²) < 4.78 is 1.81. The van der Waals surface area contributed by atoms with Crippen LogP contribution < -0.4 is 5.32 Å². The molecule has 0 atom stereocenters. The SMILES string of the molecule is c1ccc(-c2[nH]ncc2CNCCn2ccnn2)cc1. The third-order valence-electron chi connectivity index (χ3n) is 3.09. The maximum absolute atomic E-state index is 4.13. The first-order valence-corrected chi connectivity index (χ1v) is 6.56. The number of benzene rings is 1. The molecular formula is C14H16N6. The first-order chi connectivity index (χ1) is 9.93. The summed E-state index contributed by atoms with van der Waals surface area (Å²) in [6.45, 7) is 2.41. The first-order valence-electron chi connectivity index (χ1n) is 6.56. The second kappa shape index (κ2) is 6.12. The van der Waals surface area contributed by atoms with E-state index in [1.165, 1.54) is 0 Å². The first kappa shape index (κ1) is 12.6. The standard InChI is InChI=1S/C14H16N6/c1-2-4-12(5-3-1)14-13(11-17-18-14)10-15-6-8-20-9-7-16-19-20/h1-5,7,9,11,15H,6,8,10H2,(H,17,18). The topological polar surface area (TPSA) is 71.4 Å². The fourth-order valence-electron chi connectivity index (χ4n) is 2.07. The lowest BCUT2D eigenvalue weighted by molar-refractivity contribution is 0.540. The third kappa shape index (κ3) is 2.92. The molecule has 0 radical (unpaired) electrons. The summed E-state index contributed by atoms with van der Waals surface area (Å²) in [6, 6.07) is 10.2. The second-order valence-electron chi connectivity index (χ2n) is 4.48. The van der Waals surface area contributed by atoms with Gasteiger partial charge in [0, 0.05) is 24.8 Å². The molecule has 0 amide bonds. The van der Waals surface area contributed by atoms with Gasteiger partial charge in [-0.15, -0.1) is 5.10 Å². The minimum absolute atomic E-state index is 0.773. The molecule has 3 rings (SSSR count). The van der Waals surface area contributed by atoms with E-state index < -0.39 is 0 Å². The number of H-pyrrole nitrogens is 1. The van der Waals surface area contributed by atoms with Crippen LogP contribution in [0.1, 0.15) is 5.56 Å². The molecule has 0 spiro atoms. The molecule has 0 saturated heterocycles. The van der Waals surface area contributed by atoms with Crippen molar-refractivity contribution in [3.8, 4) is 11.3 Å². The van der Waals surface area contributed by atoms with Crippen molar-refractivity contribution in [1.29, 1.82) is 0 Å². The minimum Gasteiger partial charge on any atom is -0.311 e. The summed E-state index contributed by atoms with van der Waals surface area (Å²) >= 11 is 0. The Morgan fingerprint density at radius 3 is 2.90 bits per heavy atom. The van der Waals surface area contributed by atoms with Gasteiger partial charge in [-0.1, -0.05) is 35.5 Å². The van der Waals surface area contributed by atoms with E-state index in [2.05, 4.69) is 38.0 Å². The zero-order chi connectivity index (χ0) is 13.6. The van der Waals surface area contributed by atoms with Crippen LogP contribution in [0.3, 0.4) is 0 Å². The molecular weight excluding hydrogens is 252 g/mol. The fourth-order valence-corrected chi connectivity index (χ4v) is 2.07. The van der Waals surface area contributed by atoms with E-state index in [0.29, 0.717) is 0 Å². The van der Waals surface area contributed by atoms with Crippen LogP contribution in [0.4, 0.5) is 0 Å². The summed E-state index contributed by atoms with van der Waals surface area (Å²) in [4.78, 5) is 0. The zero-order valence-corrected chi connectivity index (χ0v) is 11.0. The number of rotatable bonds is 6. The molecule has 2 heterocycles. The fraction of sp³-hybridized carbons (Fsp3) is 0.214. The molecule has 20 heavy (non-hydrogen) atoms. The molecule has 0 aliphatic rings.